The van der Waals surface area contributed by atoms with Crippen molar-refractivity contribution >= 4 is 24.6 Å². The van der Waals surface area contributed by atoms with E-state index in [1.54, 1.807) is 4.90 Å². The zero-order valence-corrected chi connectivity index (χ0v) is 21.5. The Morgan fingerprint density at radius 2 is 1.22 bits per heavy atom. The van der Waals surface area contributed by atoms with E-state index in [1.807, 2.05) is 59.5 Å². The number of amides is 3. The van der Waals surface area contributed by atoms with E-state index < -0.39 is 5.54 Å². The van der Waals surface area contributed by atoms with Crippen molar-refractivity contribution in [2.24, 2.45) is 0 Å². The molecule has 5 rings (SSSR count). The molecule has 0 bridgehead atoms. The van der Waals surface area contributed by atoms with Crippen LogP contribution in [0, 0.1) is 0 Å². The van der Waals surface area contributed by atoms with Gasteiger partial charge in [-0.15, -0.1) is 0 Å². The topological polar surface area (TPSA) is 40.6 Å². The molecule has 0 aromatic heterocycles. The van der Waals surface area contributed by atoms with Crippen molar-refractivity contribution < 1.29 is 9.59 Å². The highest BCUT2D eigenvalue weighted by Gasteiger charge is 2.60. The summed E-state index contributed by atoms with van der Waals surface area (Å²) in [6.45, 7) is 0. The fourth-order valence-electron chi connectivity index (χ4n) is 6.08. The van der Waals surface area contributed by atoms with Crippen molar-refractivity contribution in [2.75, 3.05) is 5.75 Å². The van der Waals surface area contributed by atoms with Crippen molar-refractivity contribution in [1.29, 1.82) is 0 Å². The van der Waals surface area contributed by atoms with Gasteiger partial charge in [0.05, 0.1) is 6.04 Å². The summed E-state index contributed by atoms with van der Waals surface area (Å²) in [4.78, 5) is 32.5. The van der Waals surface area contributed by atoms with Crippen LogP contribution < -0.4 is 0 Å². The number of urea groups is 1. The molecule has 4 nitrogen and oxygen atoms in total. The molecule has 3 amide bonds. The molecule has 1 heterocycles. The number of thiol groups is 1. The molecule has 1 saturated heterocycles. The summed E-state index contributed by atoms with van der Waals surface area (Å²) in [6.07, 6.45) is 5.69. The van der Waals surface area contributed by atoms with Crippen LogP contribution in [-0.2, 0) is 24.1 Å². The zero-order chi connectivity index (χ0) is 25.0. The fraction of sp³-hybridized carbons (Fsp3) is 0.355. The Labute approximate surface area is 219 Å². The minimum Gasteiger partial charge on any atom is -0.306 e. The molecule has 0 spiro atoms. The van der Waals surface area contributed by atoms with E-state index >= 15 is 0 Å². The zero-order valence-electron chi connectivity index (χ0n) is 20.6. The average molecular weight is 499 g/mol. The number of carbonyl (C=O) groups is 2. The van der Waals surface area contributed by atoms with Crippen LogP contribution in [0.25, 0.3) is 0 Å². The highest BCUT2D eigenvalue weighted by molar-refractivity contribution is 7.80. The van der Waals surface area contributed by atoms with Gasteiger partial charge in [0, 0.05) is 24.6 Å². The lowest BCUT2D eigenvalue weighted by Crippen LogP contribution is -2.56. The second kappa shape index (κ2) is 10.9. The Kier molecular flexibility index (Phi) is 7.47. The van der Waals surface area contributed by atoms with Crippen LogP contribution in [0.4, 0.5) is 4.79 Å². The third-order valence-electron chi connectivity index (χ3n) is 7.75. The van der Waals surface area contributed by atoms with E-state index in [0.717, 1.165) is 42.4 Å². The predicted octanol–water partition coefficient (Wildman–Crippen LogP) is 5.96. The van der Waals surface area contributed by atoms with Crippen LogP contribution in [0.3, 0.4) is 0 Å². The number of hydrogen-bond acceptors (Lipinski definition) is 3. The highest BCUT2D eigenvalue weighted by atomic mass is 32.1. The van der Waals surface area contributed by atoms with Crippen molar-refractivity contribution in [3.8, 4) is 0 Å². The van der Waals surface area contributed by atoms with Crippen molar-refractivity contribution in [3.63, 3.8) is 0 Å². The summed E-state index contributed by atoms with van der Waals surface area (Å²) in [5.41, 5.74) is 2.30. The summed E-state index contributed by atoms with van der Waals surface area (Å²) >= 11 is 4.63. The number of hydrogen-bond donors (Lipinski definition) is 1. The lowest BCUT2D eigenvalue weighted by atomic mass is 9.82. The normalized spacial score (nSPS) is 18.7. The lowest BCUT2D eigenvalue weighted by molar-refractivity contribution is -0.135. The molecule has 1 atom stereocenters. The molecule has 36 heavy (non-hydrogen) atoms. The molecule has 1 aliphatic heterocycles. The van der Waals surface area contributed by atoms with Gasteiger partial charge in [-0.1, -0.05) is 104 Å². The Morgan fingerprint density at radius 1 is 0.750 bits per heavy atom. The largest absolute Gasteiger partial charge is 0.328 e. The first kappa shape index (κ1) is 24.6. The third kappa shape index (κ3) is 4.81. The summed E-state index contributed by atoms with van der Waals surface area (Å²) in [5, 5.41) is 0. The van der Waals surface area contributed by atoms with E-state index in [9.17, 15) is 9.59 Å². The summed E-state index contributed by atoms with van der Waals surface area (Å²) in [5.74, 6) is 0.347. The van der Waals surface area contributed by atoms with Gasteiger partial charge in [0.15, 0.2) is 0 Å². The monoisotopic (exact) mass is 498 g/mol. The van der Waals surface area contributed by atoms with E-state index in [4.69, 9.17) is 0 Å². The van der Waals surface area contributed by atoms with E-state index in [0.29, 0.717) is 25.0 Å². The van der Waals surface area contributed by atoms with E-state index in [-0.39, 0.29) is 24.0 Å². The van der Waals surface area contributed by atoms with Gasteiger partial charge >= 0.3 is 6.03 Å². The molecular weight excluding hydrogens is 464 g/mol. The van der Waals surface area contributed by atoms with Gasteiger partial charge in [0.2, 0.25) is 0 Å². The maximum Gasteiger partial charge on any atom is 0.328 e. The molecule has 0 radical (unpaired) electrons. The van der Waals surface area contributed by atoms with Crippen molar-refractivity contribution in [3.05, 3.63) is 108 Å². The molecule has 1 aliphatic carbocycles. The Balaban J connectivity index is 1.60. The molecule has 2 aliphatic rings. The maximum absolute atomic E-state index is 14.6. The predicted molar refractivity (Wildman–Crippen MR) is 147 cm³/mol. The van der Waals surface area contributed by atoms with Crippen LogP contribution in [0.5, 0.6) is 0 Å². The van der Waals surface area contributed by atoms with Gasteiger partial charge < -0.3 is 4.90 Å². The summed E-state index contributed by atoms with van der Waals surface area (Å²) < 4.78 is 0. The minimum atomic E-state index is -0.952. The van der Waals surface area contributed by atoms with Crippen LogP contribution in [-0.4, -0.2) is 45.1 Å². The van der Waals surface area contributed by atoms with Crippen LogP contribution >= 0.6 is 12.6 Å². The molecule has 3 aromatic carbocycles. The van der Waals surface area contributed by atoms with Gasteiger partial charge in [0.25, 0.3) is 5.91 Å². The molecular formula is C31H34N2O2S. The SMILES string of the molecule is O=C1N(C(CS)Cc2ccccc2)C(=O)C(Cc2ccccc2)(Cc2ccccc2)N1C1CCCC1. The second-order valence-electron chi connectivity index (χ2n) is 10.1. The molecule has 1 saturated carbocycles. The van der Waals surface area contributed by atoms with Gasteiger partial charge in [0.1, 0.15) is 5.54 Å². The summed E-state index contributed by atoms with van der Waals surface area (Å²) in [7, 11) is 0. The van der Waals surface area contributed by atoms with Crippen LogP contribution in [0.2, 0.25) is 0 Å². The molecule has 0 N–H and O–H groups in total. The first-order valence-electron chi connectivity index (χ1n) is 13.0. The molecule has 186 valence electrons. The minimum absolute atomic E-state index is 0.0798. The molecule has 1 unspecified atom stereocenters. The summed E-state index contributed by atoms with van der Waals surface area (Å²) in [6, 6.07) is 30.0. The number of carbonyl (C=O) groups excluding carboxylic acids is 2. The highest BCUT2D eigenvalue weighted by Crippen LogP contribution is 2.41. The van der Waals surface area contributed by atoms with E-state index in [1.165, 1.54) is 0 Å². The molecule has 3 aromatic rings. The van der Waals surface area contributed by atoms with Crippen LogP contribution in [0.15, 0.2) is 91.0 Å². The lowest BCUT2D eigenvalue weighted by Gasteiger charge is -2.39. The van der Waals surface area contributed by atoms with Gasteiger partial charge in [-0.2, -0.15) is 12.6 Å². The number of imide groups is 1. The Hall–Kier alpha value is -3.05. The maximum atomic E-state index is 14.6. The molecule has 2 fully saturated rings. The Morgan fingerprint density at radius 3 is 1.69 bits per heavy atom. The van der Waals surface area contributed by atoms with Gasteiger partial charge in [-0.25, -0.2) is 4.79 Å². The van der Waals surface area contributed by atoms with Gasteiger partial charge in [-0.3, -0.25) is 9.69 Å². The second-order valence-corrected chi connectivity index (χ2v) is 10.5. The standard InChI is InChI=1S/C31H34N2O2S/c34-29-31(21-25-14-6-2-7-15-25,22-26-16-8-3-9-17-26)33(27-18-10-11-19-27)30(35)32(29)28(23-36)20-24-12-4-1-5-13-24/h1-9,12-17,27-28,36H,10-11,18-23H2. The molecule has 5 heteroatoms. The third-order valence-corrected chi connectivity index (χ3v) is 8.17. The Bertz CT molecular complexity index is 1120. The van der Waals surface area contributed by atoms with Crippen molar-refractivity contribution in [1.82, 2.24) is 9.80 Å². The fourth-order valence-corrected chi connectivity index (χ4v) is 6.37. The number of nitrogens with zero attached hydrogens (tertiary/aromatic N) is 2. The number of rotatable bonds is 9. The van der Waals surface area contributed by atoms with Gasteiger partial charge in [-0.05, 0) is 36.0 Å². The van der Waals surface area contributed by atoms with Crippen molar-refractivity contribution in [2.45, 2.75) is 62.6 Å². The smallest absolute Gasteiger partial charge is 0.306 e. The average Bonchev–Trinajstić information content (AvgIpc) is 3.50. The first-order chi connectivity index (χ1) is 17.6. The first-order valence-corrected chi connectivity index (χ1v) is 13.7. The quantitative estimate of drug-likeness (QED) is 0.292. The van der Waals surface area contributed by atoms with Crippen LogP contribution in [0.1, 0.15) is 42.4 Å². The van der Waals surface area contributed by atoms with E-state index in [2.05, 4.69) is 49.0 Å². The number of benzene rings is 3.